The second-order valence-electron chi connectivity index (χ2n) is 8.96. The van der Waals surface area contributed by atoms with Crippen LogP contribution in [0, 0.1) is 23.0 Å². The summed E-state index contributed by atoms with van der Waals surface area (Å²) >= 11 is 0. The molecule has 2 N–H and O–H groups in total. The van der Waals surface area contributed by atoms with E-state index in [1.54, 1.807) is 4.90 Å². The minimum Gasteiger partial charge on any atom is -0.503 e. The molecule has 1 aromatic heterocycles. The number of ether oxygens (including phenoxy) is 1. The number of aromatic hydroxyl groups is 1. The number of carbonyl (C=O) groups excluding carboxylic acids is 2. The molecule has 10 heteroatoms. The lowest BCUT2D eigenvalue weighted by molar-refractivity contribution is -0.145. The van der Waals surface area contributed by atoms with Gasteiger partial charge in [-0.25, -0.2) is 8.78 Å². The molecule has 0 bridgehead atoms. The lowest BCUT2D eigenvalue weighted by Crippen LogP contribution is -2.59. The van der Waals surface area contributed by atoms with Crippen molar-refractivity contribution in [2.45, 2.75) is 44.8 Å². The van der Waals surface area contributed by atoms with E-state index in [0.29, 0.717) is 12.0 Å². The van der Waals surface area contributed by atoms with Gasteiger partial charge in [0.1, 0.15) is 17.2 Å². The van der Waals surface area contributed by atoms with E-state index in [-0.39, 0.29) is 47.5 Å². The van der Waals surface area contributed by atoms with Gasteiger partial charge in [-0.05, 0) is 25.3 Å². The van der Waals surface area contributed by atoms with E-state index in [4.69, 9.17) is 4.74 Å². The average molecular weight is 443 g/mol. The lowest BCUT2D eigenvalue weighted by atomic mass is 9.98. The average Bonchev–Trinajstić information content (AvgIpc) is 3.63. The summed E-state index contributed by atoms with van der Waals surface area (Å²) in [5.74, 6) is -3.28. The van der Waals surface area contributed by atoms with Crippen LogP contribution in [0.25, 0.3) is 0 Å². The van der Waals surface area contributed by atoms with Crippen molar-refractivity contribution in [1.82, 2.24) is 14.8 Å². The SMILES string of the molecule is C[C@H]1N2C(=O)c3c(O)c(=O)c(C(=O)NCc4ccc(F)cc4F)cn3CC2O[C@@H]2[C@H]3C[C@]321. The molecule has 0 radical (unpaired) electrons. The van der Waals surface area contributed by atoms with Crippen molar-refractivity contribution in [1.29, 1.82) is 0 Å². The molecule has 3 heterocycles. The Labute approximate surface area is 180 Å². The Morgan fingerprint density at radius 3 is 2.84 bits per heavy atom. The molecular weight excluding hydrogens is 424 g/mol. The minimum absolute atomic E-state index is 0.0136. The highest BCUT2D eigenvalue weighted by molar-refractivity contribution is 5.99. The number of pyridine rings is 1. The quantitative estimate of drug-likeness (QED) is 0.746. The van der Waals surface area contributed by atoms with Crippen molar-refractivity contribution in [2.24, 2.45) is 11.3 Å². The lowest BCUT2D eigenvalue weighted by Gasteiger charge is -2.46. The molecule has 6 rings (SSSR count). The molecule has 3 fully saturated rings. The zero-order valence-electron chi connectivity index (χ0n) is 17.0. The number of halogens is 2. The number of amides is 2. The molecular formula is C22H19F2N3O5. The van der Waals surface area contributed by atoms with Crippen molar-refractivity contribution in [2.75, 3.05) is 0 Å². The van der Waals surface area contributed by atoms with Crippen molar-refractivity contribution < 1.29 is 28.2 Å². The Balaban J connectivity index is 1.29. The Morgan fingerprint density at radius 2 is 2.12 bits per heavy atom. The number of nitrogens with zero attached hydrogens (tertiary/aromatic N) is 2. The minimum atomic E-state index is -0.988. The number of benzene rings is 1. The van der Waals surface area contributed by atoms with Crippen LogP contribution in [-0.4, -0.2) is 44.8 Å². The maximum absolute atomic E-state index is 13.8. The third-order valence-electron chi connectivity index (χ3n) is 7.44. The van der Waals surface area contributed by atoms with Crippen LogP contribution in [0.2, 0.25) is 0 Å². The second kappa shape index (κ2) is 6.16. The van der Waals surface area contributed by atoms with Gasteiger partial charge in [-0.1, -0.05) is 6.07 Å². The maximum Gasteiger partial charge on any atom is 0.276 e. The summed E-state index contributed by atoms with van der Waals surface area (Å²) in [5.41, 5.74) is -1.49. The molecule has 4 aliphatic rings. The van der Waals surface area contributed by atoms with Gasteiger partial charge in [0, 0.05) is 35.8 Å². The summed E-state index contributed by atoms with van der Waals surface area (Å²) in [5, 5.41) is 12.9. The van der Waals surface area contributed by atoms with Gasteiger partial charge >= 0.3 is 0 Å². The summed E-state index contributed by atoms with van der Waals surface area (Å²) in [4.78, 5) is 40.1. The predicted octanol–water partition coefficient (Wildman–Crippen LogP) is 1.35. The Kier molecular flexibility index (Phi) is 3.74. The third-order valence-corrected chi connectivity index (χ3v) is 7.44. The van der Waals surface area contributed by atoms with Gasteiger partial charge in [-0.15, -0.1) is 0 Å². The number of nitrogens with one attached hydrogen (secondary N) is 1. The summed E-state index contributed by atoms with van der Waals surface area (Å²) in [6.45, 7) is 1.86. The summed E-state index contributed by atoms with van der Waals surface area (Å²) in [6.07, 6.45) is 1.82. The Morgan fingerprint density at radius 1 is 1.34 bits per heavy atom. The van der Waals surface area contributed by atoms with Crippen LogP contribution in [0.4, 0.5) is 8.78 Å². The molecule has 2 amide bonds. The first kappa shape index (κ1) is 19.4. The van der Waals surface area contributed by atoms with E-state index in [0.717, 1.165) is 12.5 Å². The first-order valence-corrected chi connectivity index (χ1v) is 10.4. The van der Waals surface area contributed by atoms with E-state index in [1.165, 1.54) is 16.8 Å². The zero-order chi connectivity index (χ0) is 22.5. The molecule has 2 aliphatic heterocycles. The Hall–Kier alpha value is -3.27. The van der Waals surface area contributed by atoms with Gasteiger partial charge in [0.25, 0.3) is 11.8 Å². The fourth-order valence-electron chi connectivity index (χ4n) is 5.41. The van der Waals surface area contributed by atoms with Crippen molar-refractivity contribution >= 4 is 11.8 Å². The topological polar surface area (TPSA) is 101 Å². The van der Waals surface area contributed by atoms with Crippen LogP contribution in [0.5, 0.6) is 5.75 Å². The zero-order valence-corrected chi connectivity index (χ0v) is 17.0. The van der Waals surface area contributed by atoms with Crippen LogP contribution in [-0.2, 0) is 17.8 Å². The largest absolute Gasteiger partial charge is 0.503 e. The number of hydrogen-bond donors (Lipinski definition) is 2. The normalized spacial score (nSPS) is 31.2. The number of rotatable bonds is 3. The highest BCUT2D eigenvalue weighted by Gasteiger charge is 2.85. The number of aromatic nitrogens is 1. The van der Waals surface area contributed by atoms with Crippen molar-refractivity contribution in [3.05, 3.63) is 63.1 Å². The first-order chi connectivity index (χ1) is 15.2. The monoisotopic (exact) mass is 443 g/mol. The van der Waals surface area contributed by atoms with Crippen molar-refractivity contribution in [3.63, 3.8) is 0 Å². The number of hydrogen-bond acceptors (Lipinski definition) is 5. The number of fused-ring (bicyclic) bond motifs is 3. The van der Waals surface area contributed by atoms with Gasteiger partial charge in [-0.3, -0.25) is 14.4 Å². The van der Waals surface area contributed by atoms with E-state index in [9.17, 15) is 28.3 Å². The molecule has 2 aromatic rings. The highest BCUT2D eigenvalue weighted by atomic mass is 19.1. The van der Waals surface area contributed by atoms with Crippen LogP contribution in [0.3, 0.4) is 0 Å². The third kappa shape index (κ3) is 2.41. The fourth-order valence-corrected chi connectivity index (χ4v) is 5.41. The van der Waals surface area contributed by atoms with Crippen LogP contribution in [0.15, 0.2) is 29.2 Å². The summed E-state index contributed by atoms with van der Waals surface area (Å²) < 4.78 is 34.3. The molecule has 32 heavy (non-hydrogen) atoms. The highest BCUT2D eigenvalue weighted by Crippen LogP contribution is 2.80. The van der Waals surface area contributed by atoms with Crippen LogP contribution in [0.1, 0.15) is 39.8 Å². The van der Waals surface area contributed by atoms with Crippen LogP contribution >= 0.6 is 0 Å². The van der Waals surface area contributed by atoms with E-state index in [1.807, 2.05) is 6.92 Å². The van der Waals surface area contributed by atoms with Gasteiger partial charge < -0.3 is 24.6 Å². The second-order valence-corrected chi connectivity index (χ2v) is 8.96. The fraction of sp³-hybridized carbons (Fsp3) is 0.409. The molecule has 166 valence electrons. The van der Waals surface area contributed by atoms with E-state index in [2.05, 4.69) is 5.32 Å². The standard InChI is InChI=1S/C22H19F2N3O5/c1-9-22-5-13(22)19(22)32-15-8-26-7-12(17(28)18(29)16(26)21(31)27(9)15)20(30)25-6-10-2-3-11(23)4-14(10)24/h2-4,7,9,13,15,19,29H,5-6,8H2,1H3,(H,25,30)/t9-,13-,15?,19-,22+/m1/s1. The molecule has 8 nitrogen and oxygen atoms in total. The molecule has 2 saturated carbocycles. The molecule has 5 atom stereocenters. The molecule has 1 saturated heterocycles. The predicted molar refractivity (Wildman–Crippen MR) is 105 cm³/mol. The van der Waals surface area contributed by atoms with Gasteiger partial charge in [0.2, 0.25) is 5.43 Å². The van der Waals surface area contributed by atoms with Gasteiger partial charge in [-0.2, -0.15) is 0 Å². The van der Waals surface area contributed by atoms with E-state index >= 15 is 0 Å². The molecule has 1 unspecified atom stereocenters. The first-order valence-electron chi connectivity index (χ1n) is 10.4. The summed E-state index contributed by atoms with van der Waals surface area (Å²) in [6, 6.07) is 2.88. The smallest absolute Gasteiger partial charge is 0.276 e. The summed E-state index contributed by atoms with van der Waals surface area (Å²) in [7, 11) is 0. The molecule has 1 aromatic carbocycles. The van der Waals surface area contributed by atoms with Gasteiger partial charge in [0.05, 0.1) is 12.6 Å². The van der Waals surface area contributed by atoms with Crippen molar-refractivity contribution in [3.8, 4) is 5.75 Å². The number of carbonyl (C=O) groups is 2. The van der Waals surface area contributed by atoms with Crippen LogP contribution < -0.4 is 10.7 Å². The Bertz CT molecular complexity index is 1280. The maximum atomic E-state index is 13.8. The molecule has 1 spiro atoms. The van der Waals surface area contributed by atoms with E-state index < -0.39 is 40.9 Å². The molecule has 2 aliphatic carbocycles. The van der Waals surface area contributed by atoms with Gasteiger partial charge in [0.15, 0.2) is 17.7 Å².